The van der Waals surface area contributed by atoms with Gasteiger partial charge in [0.2, 0.25) is 0 Å². The number of benzene rings is 1. The van der Waals surface area contributed by atoms with Gasteiger partial charge in [-0.1, -0.05) is 12.1 Å². The smallest absolute Gasteiger partial charge is 0.276 e. The molecule has 1 atom stereocenters. The number of nitrogens with zero attached hydrogens (tertiary/aromatic N) is 4. The first-order valence-electron chi connectivity index (χ1n) is 9.36. The molecule has 1 amide bonds. The Morgan fingerprint density at radius 1 is 1.21 bits per heavy atom. The molecule has 1 fully saturated rings. The zero-order chi connectivity index (χ0) is 18.9. The van der Waals surface area contributed by atoms with Crippen LogP contribution in [0.1, 0.15) is 29.4 Å². The van der Waals surface area contributed by atoms with Crippen molar-refractivity contribution in [1.29, 1.82) is 0 Å². The fraction of sp³-hybridized carbons (Fsp3) is 0.250. The predicted molar refractivity (Wildman–Crippen MR) is 110 cm³/mol. The van der Waals surface area contributed by atoms with Gasteiger partial charge < -0.3 is 10.6 Å². The van der Waals surface area contributed by atoms with Crippen LogP contribution in [0.25, 0.3) is 16.2 Å². The summed E-state index contributed by atoms with van der Waals surface area (Å²) in [5.74, 6) is -0.197. The molecule has 1 aromatic carbocycles. The third-order valence-electron chi connectivity index (χ3n) is 5.02. The topological polar surface area (TPSA) is 76.2 Å². The van der Waals surface area contributed by atoms with Crippen LogP contribution in [0.4, 0.5) is 5.69 Å². The molecule has 3 aromatic heterocycles. The summed E-state index contributed by atoms with van der Waals surface area (Å²) in [5, 5.41) is 12.8. The van der Waals surface area contributed by atoms with Crippen LogP contribution in [0.2, 0.25) is 0 Å². The van der Waals surface area contributed by atoms with Gasteiger partial charge in [-0.3, -0.25) is 13.9 Å². The lowest BCUT2D eigenvalue weighted by atomic mass is 10.1. The van der Waals surface area contributed by atoms with Crippen molar-refractivity contribution in [1.82, 2.24) is 24.5 Å². The average molecular weight is 392 g/mol. The number of rotatable bonds is 4. The Hall–Kier alpha value is -2.97. The monoisotopic (exact) mass is 392 g/mol. The first-order valence-corrected chi connectivity index (χ1v) is 10.2. The Labute approximate surface area is 166 Å². The van der Waals surface area contributed by atoms with Crippen molar-refractivity contribution < 1.29 is 4.79 Å². The Morgan fingerprint density at radius 3 is 2.89 bits per heavy atom. The summed E-state index contributed by atoms with van der Waals surface area (Å²) in [7, 11) is 0. The van der Waals surface area contributed by atoms with Gasteiger partial charge >= 0.3 is 0 Å². The molecule has 2 N–H and O–H groups in total. The zero-order valence-electron chi connectivity index (χ0n) is 15.2. The molecular formula is C20H20N6OS. The maximum absolute atomic E-state index is 12.5. The Bertz CT molecular complexity index is 1070. The third kappa shape index (κ3) is 3.32. The number of thiazole rings is 1. The molecule has 0 spiro atoms. The van der Waals surface area contributed by atoms with Crippen LogP contribution in [0, 0.1) is 0 Å². The van der Waals surface area contributed by atoms with Gasteiger partial charge in [0.05, 0.1) is 11.7 Å². The first-order chi connectivity index (χ1) is 13.8. The number of aromatic nitrogens is 4. The van der Waals surface area contributed by atoms with Gasteiger partial charge in [0.15, 0.2) is 10.7 Å². The van der Waals surface area contributed by atoms with E-state index in [4.69, 9.17) is 0 Å². The van der Waals surface area contributed by atoms with Crippen LogP contribution >= 0.6 is 11.3 Å². The van der Waals surface area contributed by atoms with Crippen LogP contribution in [-0.4, -0.2) is 38.2 Å². The fourth-order valence-electron chi connectivity index (χ4n) is 3.51. The third-order valence-corrected chi connectivity index (χ3v) is 5.79. The van der Waals surface area contributed by atoms with Crippen molar-refractivity contribution in [2.75, 3.05) is 18.4 Å². The van der Waals surface area contributed by atoms with E-state index in [0.29, 0.717) is 11.7 Å². The maximum Gasteiger partial charge on any atom is 0.276 e. The van der Waals surface area contributed by atoms with E-state index in [9.17, 15) is 4.79 Å². The second-order valence-corrected chi connectivity index (χ2v) is 7.80. The van der Waals surface area contributed by atoms with Gasteiger partial charge in [-0.25, -0.2) is 4.98 Å². The Balaban J connectivity index is 1.27. The number of amides is 1. The Kier molecular flexibility index (Phi) is 4.42. The van der Waals surface area contributed by atoms with E-state index >= 15 is 0 Å². The van der Waals surface area contributed by atoms with E-state index in [-0.39, 0.29) is 5.91 Å². The quantitative estimate of drug-likeness (QED) is 0.558. The highest BCUT2D eigenvalue weighted by Gasteiger charge is 2.18. The highest BCUT2D eigenvalue weighted by molar-refractivity contribution is 7.15. The van der Waals surface area contributed by atoms with Crippen molar-refractivity contribution in [3.8, 4) is 11.3 Å². The number of piperidine rings is 1. The molecule has 0 radical (unpaired) electrons. The second-order valence-electron chi connectivity index (χ2n) is 6.93. The van der Waals surface area contributed by atoms with Crippen LogP contribution in [0.3, 0.4) is 0 Å². The summed E-state index contributed by atoms with van der Waals surface area (Å²) in [6.45, 7) is 1.95. The van der Waals surface area contributed by atoms with Crippen LogP contribution in [0.15, 0.2) is 54.3 Å². The van der Waals surface area contributed by atoms with E-state index in [1.165, 1.54) is 0 Å². The van der Waals surface area contributed by atoms with E-state index in [0.717, 1.165) is 47.8 Å². The van der Waals surface area contributed by atoms with Crippen molar-refractivity contribution in [3.05, 3.63) is 60.0 Å². The van der Waals surface area contributed by atoms with E-state index < -0.39 is 0 Å². The molecule has 1 aliphatic rings. The number of nitrogens with one attached hydrogen (secondary N) is 2. The largest absolute Gasteiger partial charge is 0.321 e. The lowest BCUT2D eigenvalue weighted by molar-refractivity contribution is 0.102. The molecule has 7 nitrogen and oxygen atoms in total. The highest BCUT2D eigenvalue weighted by atomic mass is 32.1. The number of fused-ring (bicyclic) bond motifs is 1. The summed E-state index contributed by atoms with van der Waals surface area (Å²) in [6, 6.07) is 9.81. The van der Waals surface area contributed by atoms with Gasteiger partial charge in [0, 0.05) is 41.8 Å². The normalized spacial score (nSPS) is 17.1. The summed E-state index contributed by atoms with van der Waals surface area (Å²) in [5.41, 5.74) is 3.11. The van der Waals surface area contributed by atoms with Crippen molar-refractivity contribution in [3.63, 3.8) is 0 Å². The number of imidazole rings is 1. The molecule has 0 aliphatic carbocycles. The molecular weight excluding hydrogens is 372 g/mol. The zero-order valence-corrected chi connectivity index (χ0v) is 16.0. The summed E-state index contributed by atoms with van der Waals surface area (Å²) in [4.78, 5) is 18.1. The molecule has 4 heterocycles. The predicted octanol–water partition coefficient (Wildman–Crippen LogP) is 3.44. The summed E-state index contributed by atoms with van der Waals surface area (Å²) < 4.78 is 3.91. The Morgan fingerprint density at radius 2 is 2.11 bits per heavy atom. The van der Waals surface area contributed by atoms with Crippen molar-refractivity contribution >= 4 is 27.9 Å². The molecule has 0 bridgehead atoms. The summed E-state index contributed by atoms with van der Waals surface area (Å²) in [6.07, 6.45) is 8.11. The van der Waals surface area contributed by atoms with Gasteiger partial charge in [-0.05, 0) is 37.6 Å². The number of hydrogen-bond acceptors (Lipinski definition) is 5. The fourth-order valence-corrected chi connectivity index (χ4v) is 4.21. The minimum Gasteiger partial charge on any atom is -0.321 e. The van der Waals surface area contributed by atoms with E-state index in [1.54, 1.807) is 17.4 Å². The SMILES string of the molecule is O=C(Nc1ccc(-c2cn3ccsc3n2)cc1)c1ccn(C2CCCNC2)n1. The van der Waals surface area contributed by atoms with Crippen molar-refractivity contribution in [2.24, 2.45) is 0 Å². The van der Waals surface area contributed by atoms with Crippen LogP contribution in [-0.2, 0) is 0 Å². The van der Waals surface area contributed by atoms with Gasteiger partial charge in [0.1, 0.15) is 0 Å². The highest BCUT2D eigenvalue weighted by Crippen LogP contribution is 2.23. The molecule has 5 rings (SSSR count). The molecule has 8 heteroatoms. The van der Waals surface area contributed by atoms with Gasteiger partial charge in [-0.2, -0.15) is 5.10 Å². The average Bonchev–Trinajstić information content (AvgIpc) is 3.45. The molecule has 1 unspecified atom stereocenters. The summed E-state index contributed by atoms with van der Waals surface area (Å²) >= 11 is 1.61. The molecule has 0 saturated carbocycles. The molecule has 142 valence electrons. The minimum absolute atomic E-state index is 0.197. The maximum atomic E-state index is 12.5. The molecule has 1 aliphatic heterocycles. The number of carbonyl (C=O) groups is 1. The molecule has 4 aromatic rings. The van der Waals surface area contributed by atoms with E-state index in [1.807, 2.05) is 57.3 Å². The second kappa shape index (κ2) is 7.21. The number of anilines is 1. The van der Waals surface area contributed by atoms with Crippen molar-refractivity contribution in [2.45, 2.75) is 18.9 Å². The van der Waals surface area contributed by atoms with Crippen LogP contribution in [0.5, 0.6) is 0 Å². The lowest BCUT2D eigenvalue weighted by Crippen LogP contribution is -2.32. The van der Waals surface area contributed by atoms with Crippen LogP contribution < -0.4 is 10.6 Å². The van der Waals surface area contributed by atoms with E-state index in [2.05, 4.69) is 20.7 Å². The first kappa shape index (κ1) is 17.2. The standard InChI is InChI=1S/C20H20N6OS/c27-19(17-7-9-26(24-17)16-2-1-8-21-12-16)22-15-5-3-14(4-6-15)18-13-25-10-11-28-20(25)23-18/h3-7,9-11,13,16,21H,1-2,8,12H2,(H,22,27). The molecule has 1 saturated heterocycles. The minimum atomic E-state index is -0.197. The van der Waals surface area contributed by atoms with Gasteiger partial charge in [0.25, 0.3) is 5.91 Å². The number of hydrogen-bond donors (Lipinski definition) is 2. The molecule has 28 heavy (non-hydrogen) atoms. The number of carbonyl (C=O) groups excluding carboxylic acids is 1. The van der Waals surface area contributed by atoms with Gasteiger partial charge in [-0.15, -0.1) is 11.3 Å². The lowest BCUT2D eigenvalue weighted by Gasteiger charge is -2.22.